The van der Waals surface area contributed by atoms with Gasteiger partial charge >= 0.3 is 5.13 Å². The summed E-state index contributed by atoms with van der Waals surface area (Å²) in [4.78, 5) is 7.82. The largest absolute Gasteiger partial charge is 0.343 e. The molecule has 0 saturated carbocycles. The van der Waals surface area contributed by atoms with Crippen molar-refractivity contribution < 1.29 is 4.68 Å². The van der Waals surface area contributed by atoms with Crippen LogP contribution in [0.25, 0.3) is 22.1 Å². The van der Waals surface area contributed by atoms with Gasteiger partial charge in [0.15, 0.2) is 0 Å². The van der Waals surface area contributed by atoms with Crippen LogP contribution >= 0.6 is 11.3 Å². The number of para-hydroxylation sites is 1. The molecule has 0 spiro atoms. The lowest BCUT2D eigenvalue weighted by atomic mass is 10.2. The Morgan fingerprint density at radius 2 is 1.58 bits per heavy atom. The van der Waals surface area contributed by atoms with Crippen LogP contribution in [0.15, 0.2) is 66.9 Å². The Bertz CT molecular complexity index is 952. The van der Waals surface area contributed by atoms with Gasteiger partial charge in [-0.2, -0.15) is 0 Å². The highest BCUT2D eigenvalue weighted by Crippen LogP contribution is 2.20. The molecule has 0 N–H and O–H groups in total. The summed E-state index contributed by atoms with van der Waals surface area (Å²) in [5, 5.41) is 5.73. The number of aryl methyl sites for hydroxylation is 2. The van der Waals surface area contributed by atoms with Gasteiger partial charge in [-0.1, -0.05) is 69.6 Å². The fraction of sp³-hybridized carbons (Fsp3) is 0.105. The van der Waals surface area contributed by atoms with Crippen molar-refractivity contribution in [1.29, 1.82) is 0 Å². The van der Waals surface area contributed by atoms with Crippen LogP contribution in [0.3, 0.4) is 0 Å². The van der Waals surface area contributed by atoms with E-state index >= 15 is 0 Å². The average molecular weight is 333 g/mol. The summed E-state index contributed by atoms with van der Waals surface area (Å²) in [5.41, 5.74) is 4.07. The molecule has 4 nitrogen and oxygen atoms in total. The third kappa shape index (κ3) is 2.63. The summed E-state index contributed by atoms with van der Waals surface area (Å²) in [6.45, 7) is 4.13. The molecule has 0 aliphatic carbocycles. The Morgan fingerprint density at radius 3 is 2.21 bits per heavy atom. The molecule has 0 aliphatic rings. The molecule has 24 heavy (non-hydrogen) atoms. The fourth-order valence-corrected chi connectivity index (χ4v) is 3.39. The monoisotopic (exact) mass is 333 g/mol. The van der Waals surface area contributed by atoms with Gasteiger partial charge in [-0.05, 0) is 31.1 Å². The molecule has 0 saturated heterocycles. The van der Waals surface area contributed by atoms with Gasteiger partial charge in [0, 0.05) is 10.4 Å². The smallest absolute Gasteiger partial charge is 0.116 e. The molecule has 2 heterocycles. The minimum Gasteiger partial charge on any atom is -0.116 e. The van der Waals surface area contributed by atoms with E-state index in [2.05, 4.69) is 19.1 Å². The molecule has 0 radical (unpaired) electrons. The number of thiazole rings is 1. The predicted molar refractivity (Wildman–Crippen MR) is 95.7 cm³/mol. The molecule has 2 aromatic carbocycles. The Morgan fingerprint density at radius 1 is 0.917 bits per heavy atom. The highest BCUT2D eigenvalue weighted by molar-refractivity contribution is 7.13. The van der Waals surface area contributed by atoms with E-state index in [0.717, 1.165) is 27.8 Å². The van der Waals surface area contributed by atoms with Gasteiger partial charge in [-0.15, -0.1) is 4.68 Å². The first-order valence-electron chi connectivity index (χ1n) is 7.79. The van der Waals surface area contributed by atoms with Crippen molar-refractivity contribution in [3.8, 4) is 22.1 Å². The maximum Gasteiger partial charge on any atom is 0.343 e. The second kappa shape index (κ2) is 6.02. The first kappa shape index (κ1) is 14.8. The quantitative estimate of drug-likeness (QED) is 0.533. The van der Waals surface area contributed by atoms with E-state index in [9.17, 15) is 0 Å². The van der Waals surface area contributed by atoms with E-state index in [1.54, 1.807) is 11.3 Å². The predicted octanol–water partition coefficient (Wildman–Crippen LogP) is 3.89. The number of hydrogen-bond acceptors (Lipinski definition) is 3. The van der Waals surface area contributed by atoms with Gasteiger partial charge in [0.1, 0.15) is 17.6 Å². The summed E-state index contributed by atoms with van der Waals surface area (Å²) in [6.07, 6.45) is 2.04. The Hall–Kier alpha value is -2.79. The van der Waals surface area contributed by atoms with Crippen LogP contribution in [0.2, 0.25) is 0 Å². The topological polar surface area (TPSA) is 34.6 Å². The van der Waals surface area contributed by atoms with Crippen LogP contribution in [-0.2, 0) is 0 Å². The van der Waals surface area contributed by atoms with E-state index in [0.29, 0.717) is 0 Å². The van der Waals surface area contributed by atoms with Crippen molar-refractivity contribution in [2.24, 2.45) is 0 Å². The molecule has 4 rings (SSSR count). The molecule has 2 aromatic heterocycles. The maximum absolute atomic E-state index is 4.81. The lowest BCUT2D eigenvalue weighted by Crippen LogP contribution is -2.39. The summed E-state index contributed by atoms with van der Waals surface area (Å²) in [7, 11) is 0. The number of aromatic nitrogens is 4. The van der Waals surface area contributed by atoms with Gasteiger partial charge in [0.05, 0.1) is 0 Å². The van der Waals surface area contributed by atoms with Crippen molar-refractivity contribution in [2.75, 3.05) is 0 Å². The minimum atomic E-state index is 0.920. The maximum atomic E-state index is 4.81. The molecule has 0 unspecified atom stereocenters. The van der Waals surface area contributed by atoms with Gasteiger partial charge in [0.2, 0.25) is 5.69 Å². The number of rotatable bonds is 3. The zero-order valence-corrected chi connectivity index (χ0v) is 14.4. The zero-order valence-electron chi connectivity index (χ0n) is 13.5. The summed E-state index contributed by atoms with van der Waals surface area (Å²) in [5.74, 6) is 0. The summed E-state index contributed by atoms with van der Waals surface area (Å²) in [6, 6.07) is 20.3. The summed E-state index contributed by atoms with van der Waals surface area (Å²) < 4.78 is 2.02. The Labute approximate surface area is 144 Å². The van der Waals surface area contributed by atoms with Crippen molar-refractivity contribution in [1.82, 2.24) is 14.9 Å². The second-order valence-corrected chi connectivity index (χ2v) is 6.77. The van der Waals surface area contributed by atoms with Crippen molar-refractivity contribution in [3.63, 3.8) is 0 Å². The van der Waals surface area contributed by atoms with Gasteiger partial charge in [0.25, 0.3) is 0 Å². The Kier molecular flexibility index (Phi) is 3.70. The first-order valence-corrected chi connectivity index (χ1v) is 8.61. The van der Waals surface area contributed by atoms with Crippen LogP contribution in [0.1, 0.15) is 10.6 Å². The molecule has 4 aromatic rings. The fourth-order valence-electron chi connectivity index (χ4n) is 2.52. The summed E-state index contributed by atoms with van der Waals surface area (Å²) >= 11 is 1.68. The first-order chi connectivity index (χ1) is 11.7. The lowest BCUT2D eigenvalue weighted by Gasteiger charge is -1.99. The lowest BCUT2D eigenvalue weighted by molar-refractivity contribution is -0.679. The van der Waals surface area contributed by atoms with Crippen LogP contribution in [-0.4, -0.2) is 14.9 Å². The molecule has 5 heteroatoms. The van der Waals surface area contributed by atoms with Gasteiger partial charge in [-0.25, -0.2) is 0 Å². The average Bonchev–Trinajstić information content (AvgIpc) is 3.21. The van der Waals surface area contributed by atoms with E-state index < -0.39 is 0 Å². The van der Waals surface area contributed by atoms with Crippen molar-refractivity contribution >= 4 is 11.3 Å². The third-order valence-corrected chi connectivity index (χ3v) is 4.98. The number of nitrogens with zero attached hydrogens (tertiary/aromatic N) is 4. The standard InChI is InChI=1S/C19H17N4S/c1-14-15(2)24-19(20-14)22-13-18(16-9-5-3-6-10-16)21-23(22)17-11-7-4-8-12-17/h3-13H,1-2H3/q+1. The molecule has 0 amide bonds. The number of hydrogen-bond donors (Lipinski definition) is 0. The third-order valence-electron chi connectivity index (χ3n) is 3.92. The number of benzene rings is 2. The van der Waals surface area contributed by atoms with Gasteiger partial charge < -0.3 is 0 Å². The second-order valence-electron chi connectivity index (χ2n) is 5.59. The highest BCUT2D eigenvalue weighted by atomic mass is 32.1. The van der Waals surface area contributed by atoms with Gasteiger partial charge in [-0.3, -0.25) is 0 Å². The van der Waals surface area contributed by atoms with Crippen molar-refractivity contribution in [3.05, 3.63) is 77.4 Å². The van der Waals surface area contributed by atoms with Crippen LogP contribution in [0, 0.1) is 13.8 Å². The van der Waals surface area contributed by atoms with E-state index in [-0.39, 0.29) is 0 Å². The minimum absolute atomic E-state index is 0.920. The molecular formula is C19H17N4S+. The normalized spacial score (nSPS) is 10.9. The highest BCUT2D eigenvalue weighted by Gasteiger charge is 2.22. The van der Waals surface area contributed by atoms with Crippen molar-refractivity contribution in [2.45, 2.75) is 13.8 Å². The molecule has 0 bridgehead atoms. The molecular weight excluding hydrogens is 316 g/mol. The van der Waals surface area contributed by atoms with Crippen LogP contribution in [0.5, 0.6) is 0 Å². The van der Waals surface area contributed by atoms with E-state index in [1.807, 2.05) is 71.1 Å². The van der Waals surface area contributed by atoms with E-state index in [1.165, 1.54) is 4.88 Å². The molecule has 118 valence electrons. The molecule has 0 aliphatic heterocycles. The zero-order chi connectivity index (χ0) is 16.5. The Balaban J connectivity index is 1.92. The SMILES string of the molecule is Cc1nc(-[n+]2cc(-c3ccccc3)nn2-c2ccccc2)sc1C. The van der Waals surface area contributed by atoms with E-state index in [4.69, 9.17) is 10.1 Å². The van der Waals surface area contributed by atoms with Crippen LogP contribution < -0.4 is 4.68 Å². The van der Waals surface area contributed by atoms with Crippen LogP contribution in [0.4, 0.5) is 0 Å². The molecule has 0 fully saturated rings. The molecule has 0 atom stereocenters.